The molecular weight excluding hydrogens is 212 g/mol. The number of carbonyl (C=O) groups is 1. The minimum atomic E-state index is 0.0567. The van der Waals surface area contributed by atoms with Crippen LogP contribution in [0.5, 0.6) is 5.75 Å². The first-order valence-corrected chi connectivity index (χ1v) is 6.54. The first-order chi connectivity index (χ1) is 8.19. The molecule has 0 bridgehead atoms. The lowest BCUT2D eigenvalue weighted by Crippen LogP contribution is -2.00. The lowest BCUT2D eigenvalue weighted by molar-refractivity contribution is 0.0976. The van der Waals surface area contributed by atoms with Gasteiger partial charge in [0.25, 0.3) is 0 Å². The van der Waals surface area contributed by atoms with Gasteiger partial charge in [0.2, 0.25) is 0 Å². The molecule has 0 amide bonds. The molecule has 0 unspecified atom stereocenters. The van der Waals surface area contributed by atoms with Gasteiger partial charge in [0, 0.05) is 6.42 Å². The van der Waals surface area contributed by atoms with Crippen LogP contribution in [0.4, 0.5) is 0 Å². The number of benzene rings is 1. The third-order valence-corrected chi connectivity index (χ3v) is 3.03. The summed E-state index contributed by atoms with van der Waals surface area (Å²) in [5, 5.41) is 9.77. The SMILES string of the molecule is CCCCCCC(=O)c1ccc(CC)cc1O. The molecule has 0 aliphatic carbocycles. The van der Waals surface area contributed by atoms with E-state index in [-0.39, 0.29) is 11.5 Å². The van der Waals surface area contributed by atoms with E-state index in [2.05, 4.69) is 6.92 Å². The number of carbonyl (C=O) groups excluding carboxylic acids is 1. The number of phenolic OH excluding ortho intramolecular Hbond substituents is 1. The molecule has 0 aliphatic heterocycles. The van der Waals surface area contributed by atoms with Crippen molar-refractivity contribution in [3.8, 4) is 5.75 Å². The van der Waals surface area contributed by atoms with Crippen LogP contribution in [0.3, 0.4) is 0 Å². The number of rotatable bonds is 7. The molecule has 1 N–H and O–H groups in total. The third kappa shape index (κ3) is 4.22. The van der Waals surface area contributed by atoms with E-state index in [0.29, 0.717) is 12.0 Å². The predicted molar refractivity (Wildman–Crippen MR) is 70.6 cm³/mol. The van der Waals surface area contributed by atoms with Crippen LogP contribution in [0.2, 0.25) is 0 Å². The number of phenols is 1. The summed E-state index contributed by atoms with van der Waals surface area (Å²) in [7, 11) is 0. The molecule has 0 aliphatic rings. The van der Waals surface area contributed by atoms with Crippen molar-refractivity contribution in [2.24, 2.45) is 0 Å². The van der Waals surface area contributed by atoms with E-state index in [1.165, 1.54) is 12.8 Å². The van der Waals surface area contributed by atoms with Crippen LogP contribution in [0.15, 0.2) is 18.2 Å². The molecular formula is C15H22O2. The van der Waals surface area contributed by atoms with Crippen LogP contribution in [0, 0.1) is 0 Å². The Labute approximate surface area is 104 Å². The summed E-state index contributed by atoms with van der Waals surface area (Å²) in [5.74, 6) is 0.186. The molecule has 0 heterocycles. The van der Waals surface area contributed by atoms with Crippen LogP contribution >= 0.6 is 0 Å². The second-order valence-corrected chi connectivity index (χ2v) is 4.44. The van der Waals surface area contributed by atoms with Gasteiger partial charge in [0.05, 0.1) is 5.56 Å². The van der Waals surface area contributed by atoms with Gasteiger partial charge in [-0.15, -0.1) is 0 Å². The summed E-state index contributed by atoms with van der Waals surface area (Å²) in [6.45, 7) is 4.18. The van der Waals surface area contributed by atoms with Crippen LogP contribution in [0.1, 0.15) is 61.9 Å². The lowest BCUT2D eigenvalue weighted by Gasteiger charge is -2.05. The van der Waals surface area contributed by atoms with Crippen molar-refractivity contribution in [1.29, 1.82) is 0 Å². The minimum Gasteiger partial charge on any atom is -0.507 e. The quantitative estimate of drug-likeness (QED) is 0.569. The fourth-order valence-corrected chi connectivity index (χ4v) is 1.88. The Balaban J connectivity index is 2.57. The van der Waals surface area contributed by atoms with Gasteiger partial charge in [-0.3, -0.25) is 4.79 Å². The number of aromatic hydroxyl groups is 1. The Morgan fingerprint density at radius 2 is 1.94 bits per heavy atom. The third-order valence-electron chi connectivity index (χ3n) is 3.03. The molecule has 0 fully saturated rings. The summed E-state index contributed by atoms with van der Waals surface area (Å²) in [4.78, 5) is 11.9. The predicted octanol–water partition coefficient (Wildman–Crippen LogP) is 4.11. The summed E-state index contributed by atoms with van der Waals surface area (Å²) in [5.41, 5.74) is 1.53. The molecule has 0 radical (unpaired) electrons. The second-order valence-electron chi connectivity index (χ2n) is 4.44. The fraction of sp³-hybridized carbons (Fsp3) is 0.533. The van der Waals surface area contributed by atoms with Crippen molar-refractivity contribution < 1.29 is 9.90 Å². The zero-order valence-electron chi connectivity index (χ0n) is 10.8. The molecule has 2 heteroatoms. The lowest BCUT2D eigenvalue weighted by atomic mass is 10.0. The highest BCUT2D eigenvalue weighted by molar-refractivity contribution is 5.98. The van der Waals surface area contributed by atoms with Crippen molar-refractivity contribution in [1.82, 2.24) is 0 Å². The molecule has 0 saturated heterocycles. The molecule has 2 nitrogen and oxygen atoms in total. The molecule has 17 heavy (non-hydrogen) atoms. The van der Waals surface area contributed by atoms with Gasteiger partial charge in [0.1, 0.15) is 5.75 Å². The molecule has 0 spiro atoms. The van der Waals surface area contributed by atoms with Gasteiger partial charge < -0.3 is 5.11 Å². The van der Waals surface area contributed by atoms with Crippen LogP contribution in [-0.2, 0) is 6.42 Å². The van der Waals surface area contributed by atoms with Crippen molar-refractivity contribution in [3.63, 3.8) is 0 Å². The van der Waals surface area contributed by atoms with E-state index >= 15 is 0 Å². The molecule has 1 rings (SSSR count). The smallest absolute Gasteiger partial charge is 0.166 e. The number of unbranched alkanes of at least 4 members (excludes halogenated alkanes) is 3. The van der Waals surface area contributed by atoms with Crippen molar-refractivity contribution in [2.45, 2.75) is 52.4 Å². The average Bonchev–Trinajstić information content (AvgIpc) is 2.34. The molecule has 0 atom stereocenters. The summed E-state index contributed by atoms with van der Waals surface area (Å²) >= 11 is 0. The van der Waals surface area contributed by atoms with Crippen LogP contribution in [-0.4, -0.2) is 10.9 Å². The van der Waals surface area contributed by atoms with E-state index in [1.54, 1.807) is 12.1 Å². The van der Waals surface area contributed by atoms with Gasteiger partial charge in [-0.05, 0) is 30.5 Å². The maximum absolute atomic E-state index is 11.9. The molecule has 1 aromatic carbocycles. The summed E-state index contributed by atoms with van der Waals surface area (Å²) < 4.78 is 0. The van der Waals surface area contributed by atoms with E-state index < -0.39 is 0 Å². The molecule has 0 aromatic heterocycles. The van der Waals surface area contributed by atoms with Crippen molar-refractivity contribution >= 4 is 5.78 Å². The normalized spacial score (nSPS) is 10.5. The van der Waals surface area contributed by atoms with E-state index in [9.17, 15) is 9.90 Å². The van der Waals surface area contributed by atoms with E-state index in [4.69, 9.17) is 0 Å². The Morgan fingerprint density at radius 3 is 2.53 bits per heavy atom. The van der Waals surface area contributed by atoms with Gasteiger partial charge in [-0.2, -0.15) is 0 Å². The summed E-state index contributed by atoms with van der Waals surface area (Å²) in [6.07, 6.45) is 5.77. The Kier molecular flexibility index (Phi) is 5.75. The standard InChI is InChI=1S/C15H22O2/c1-3-5-6-7-8-14(16)13-10-9-12(4-2)11-15(13)17/h9-11,17H,3-8H2,1-2H3. The monoisotopic (exact) mass is 234 g/mol. The number of Topliss-reactive ketones (excluding diaryl/α,β-unsaturated/α-hetero) is 1. The Morgan fingerprint density at radius 1 is 1.18 bits per heavy atom. The fourth-order valence-electron chi connectivity index (χ4n) is 1.88. The zero-order chi connectivity index (χ0) is 12.7. The van der Waals surface area contributed by atoms with Gasteiger partial charge in [0.15, 0.2) is 5.78 Å². The molecule has 0 saturated carbocycles. The van der Waals surface area contributed by atoms with E-state index in [0.717, 1.165) is 24.8 Å². The molecule has 94 valence electrons. The van der Waals surface area contributed by atoms with Gasteiger partial charge in [-0.1, -0.05) is 39.2 Å². The number of hydrogen-bond donors (Lipinski definition) is 1. The van der Waals surface area contributed by atoms with Crippen LogP contribution < -0.4 is 0 Å². The second kappa shape index (κ2) is 7.10. The highest BCUT2D eigenvalue weighted by Gasteiger charge is 2.10. The number of aryl methyl sites for hydroxylation is 1. The first kappa shape index (κ1) is 13.8. The highest BCUT2D eigenvalue weighted by Crippen LogP contribution is 2.21. The Bertz CT molecular complexity index is 369. The number of hydrogen-bond acceptors (Lipinski definition) is 2. The van der Waals surface area contributed by atoms with Crippen molar-refractivity contribution in [2.75, 3.05) is 0 Å². The largest absolute Gasteiger partial charge is 0.507 e. The maximum atomic E-state index is 11.9. The summed E-state index contributed by atoms with van der Waals surface area (Å²) in [6, 6.07) is 5.36. The van der Waals surface area contributed by atoms with Gasteiger partial charge >= 0.3 is 0 Å². The zero-order valence-corrected chi connectivity index (χ0v) is 10.8. The number of ketones is 1. The topological polar surface area (TPSA) is 37.3 Å². The van der Waals surface area contributed by atoms with Crippen molar-refractivity contribution in [3.05, 3.63) is 29.3 Å². The average molecular weight is 234 g/mol. The minimum absolute atomic E-state index is 0.0567. The van der Waals surface area contributed by atoms with E-state index in [1.807, 2.05) is 13.0 Å². The highest BCUT2D eigenvalue weighted by atomic mass is 16.3. The van der Waals surface area contributed by atoms with Crippen LogP contribution in [0.25, 0.3) is 0 Å². The maximum Gasteiger partial charge on any atom is 0.166 e. The Hall–Kier alpha value is -1.31. The first-order valence-electron chi connectivity index (χ1n) is 6.54. The van der Waals surface area contributed by atoms with Gasteiger partial charge in [-0.25, -0.2) is 0 Å². The molecule has 1 aromatic rings.